The van der Waals surface area contributed by atoms with E-state index in [1.807, 2.05) is 13.0 Å². The minimum Gasteiger partial charge on any atom is -0.354 e. The highest BCUT2D eigenvalue weighted by molar-refractivity contribution is 6.14. The molecule has 0 bridgehead atoms. The molecule has 1 heterocycles. The first kappa shape index (κ1) is 18.2. The van der Waals surface area contributed by atoms with Gasteiger partial charge in [-0.3, -0.25) is 0 Å². The normalized spacial score (nSPS) is 14.9. The van der Waals surface area contributed by atoms with Crippen LogP contribution in [0.1, 0.15) is 37.5 Å². The molecule has 150 valence electrons. The molecule has 5 aromatic rings. The SMILES string of the molecule is C/C=C\C=C/c1ccc2[nH]c3c4c(ccc3c2c1)C(C)(C)c1cc2ccccc2cc1-4. The second-order valence-electron chi connectivity index (χ2n) is 9.10. The van der Waals surface area contributed by atoms with Gasteiger partial charge >= 0.3 is 0 Å². The summed E-state index contributed by atoms with van der Waals surface area (Å²) in [5.41, 5.74) is 9.21. The van der Waals surface area contributed by atoms with Gasteiger partial charge in [0, 0.05) is 27.3 Å². The van der Waals surface area contributed by atoms with Gasteiger partial charge in [-0.05, 0) is 64.2 Å². The molecule has 1 N–H and O–H groups in total. The van der Waals surface area contributed by atoms with Gasteiger partial charge in [-0.25, -0.2) is 0 Å². The van der Waals surface area contributed by atoms with Crippen LogP contribution in [0, 0.1) is 0 Å². The van der Waals surface area contributed by atoms with E-state index in [1.165, 1.54) is 60.4 Å². The van der Waals surface area contributed by atoms with Crippen LogP contribution >= 0.6 is 0 Å². The van der Waals surface area contributed by atoms with E-state index in [4.69, 9.17) is 0 Å². The van der Waals surface area contributed by atoms with Gasteiger partial charge in [-0.15, -0.1) is 0 Å². The molecule has 1 aliphatic carbocycles. The molecule has 0 saturated carbocycles. The van der Waals surface area contributed by atoms with Crippen LogP contribution in [-0.4, -0.2) is 4.98 Å². The van der Waals surface area contributed by atoms with E-state index >= 15 is 0 Å². The smallest absolute Gasteiger partial charge is 0.0547 e. The average molecular weight is 400 g/mol. The molecule has 4 aromatic carbocycles. The van der Waals surface area contributed by atoms with Crippen molar-refractivity contribution in [3.8, 4) is 11.1 Å². The summed E-state index contributed by atoms with van der Waals surface area (Å²) in [6.45, 7) is 6.74. The number of H-pyrrole nitrogens is 1. The Morgan fingerprint density at radius 1 is 0.774 bits per heavy atom. The van der Waals surface area contributed by atoms with Crippen molar-refractivity contribution in [3.63, 3.8) is 0 Å². The van der Waals surface area contributed by atoms with Gasteiger partial charge in [-0.1, -0.05) is 80.6 Å². The summed E-state index contributed by atoms with van der Waals surface area (Å²) in [6, 6.07) is 24.8. The Balaban J connectivity index is 1.66. The number of hydrogen-bond donors (Lipinski definition) is 1. The average Bonchev–Trinajstić information content (AvgIpc) is 3.25. The van der Waals surface area contributed by atoms with Gasteiger partial charge in [-0.2, -0.15) is 0 Å². The number of nitrogens with one attached hydrogen (secondary N) is 1. The van der Waals surface area contributed by atoms with Crippen LogP contribution in [0.25, 0.3) is 49.8 Å². The van der Waals surface area contributed by atoms with Crippen molar-refractivity contribution in [1.82, 2.24) is 4.98 Å². The zero-order chi connectivity index (χ0) is 21.2. The Morgan fingerprint density at radius 2 is 1.58 bits per heavy atom. The molecule has 0 spiro atoms. The Morgan fingerprint density at radius 3 is 2.39 bits per heavy atom. The summed E-state index contributed by atoms with van der Waals surface area (Å²) in [4.78, 5) is 3.76. The Kier molecular flexibility index (Phi) is 3.79. The van der Waals surface area contributed by atoms with Crippen molar-refractivity contribution in [1.29, 1.82) is 0 Å². The Labute approximate surface area is 182 Å². The molecule has 0 unspecified atom stereocenters. The van der Waals surface area contributed by atoms with Crippen LogP contribution in [0.4, 0.5) is 0 Å². The number of benzene rings is 4. The maximum Gasteiger partial charge on any atom is 0.0547 e. The number of fused-ring (bicyclic) bond motifs is 8. The third kappa shape index (κ3) is 2.56. The van der Waals surface area contributed by atoms with Crippen molar-refractivity contribution in [3.05, 3.63) is 102 Å². The first-order valence-electron chi connectivity index (χ1n) is 11.0. The molecule has 1 aromatic heterocycles. The van der Waals surface area contributed by atoms with Crippen LogP contribution in [0.15, 0.2) is 85.0 Å². The molecule has 0 aliphatic heterocycles. The highest BCUT2D eigenvalue weighted by Gasteiger charge is 2.37. The molecule has 1 aliphatic rings. The van der Waals surface area contributed by atoms with Crippen molar-refractivity contribution in [2.45, 2.75) is 26.2 Å². The molecule has 1 heteroatoms. The molecule has 0 fully saturated rings. The van der Waals surface area contributed by atoms with E-state index in [-0.39, 0.29) is 5.41 Å². The highest BCUT2D eigenvalue weighted by atomic mass is 14.7. The van der Waals surface area contributed by atoms with E-state index < -0.39 is 0 Å². The monoisotopic (exact) mass is 399 g/mol. The lowest BCUT2D eigenvalue weighted by Gasteiger charge is -2.21. The summed E-state index contributed by atoms with van der Waals surface area (Å²) in [5.74, 6) is 0. The van der Waals surface area contributed by atoms with E-state index in [0.29, 0.717) is 0 Å². The quantitative estimate of drug-likeness (QED) is 0.287. The lowest BCUT2D eigenvalue weighted by atomic mass is 9.82. The van der Waals surface area contributed by atoms with Gasteiger partial charge < -0.3 is 4.98 Å². The molecule has 0 atom stereocenters. The Hall–Kier alpha value is -3.58. The lowest BCUT2D eigenvalue weighted by molar-refractivity contribution is 0.661. The second-order valence-corrected chi connectivity index (χ2v) is 9.10. The van der Waals surface area contributed by atoms with E-state index in [0.717, 1.165) is 0 Å². The standard InChI is InChI=1S/C30H25N/c1-4-5-6-9-19-12-15-27-23(16-19)22-13-14-25-28(29(22)31-27)24-17-20-10-7-8-11-21(20)18-26(24)30(25,2)3/h4-18,31H,1-3H3/b5-4-,9-6-. The molecular weight excluding hydrogens is 374 g/mol. The lowest BCUT2D eigenvalue weighted by Crippen LogP contribution is -2.14. The number of hydrogen-bond acceptors (Lipinski definition) is 0. The summed E-state index contributed by atoms with van der Waals surface area (Å²) in [7, 11) is 0. The highest BCUT2D eigenvalue weighted by Crippen LogP contribution is 2.52. The number of aromatic amines is 1. The van der Waals surface area contributed by atoms with Gasteiger partial charge in [0.15, 0.2) is 0 Å². The Bertz CT molecular complexity index is 1560. The third-order valence-electron chi connectivity index (χ3n) is 6.89. The third-order valence-corrected chi connectivity index (χ3v) is 6.89. The molecule has 1 nitrogen and oxygen atoms in total. The maximum atomic E-state index is 3.76. The van der Waals surface area contributed by atoms with Gasteiger partial charge in [0.2, 0.25) is 0 Å². The predicted molar refractivity (Wildman–Crippen MR) is 135 cm³/mol. The van der Waals surface area contributed by atoms with Crippen molar-refractivity contribution in [2.24, 2.45) is 0 Å². The van der Waals surface area contributed by atoms with Crippen molar-refractivity contribution < 1.29 is 0 Å². The summed E-state index contributed by atoms with van der Waals surface area (Å²) < 4.78 is 0. The van der Waals surface area contributed by atoms with Crippen LogP contribution in [0.3, 0.4) is 0 Å². The van der Waals surface area contributed by atoms with Gasteiger partial charge in [0.25, 0.3) is 0 Å². The molecule has 0 radical (unpaired) electrons. The summed E-state index contributed by atoms with van der Waals surface area (Å²) in [5, 5.41) is 5.20. The number of aromatic nitrogens is 1. The summed E-state index contributed by atoms with van der Waals surface area (Å²) in [6.07, 6.45) is 8.37. The van der Waals surface area contributed by atoms with Crippen LogP contribution in [0.2, 0.25) is 0 Å². The van der Waals surface area contributed by atoms with Crippen molar-refractivity contribution in [2.75, 3.05) is 0 Å². The minimum absolute atomic E-state index is 0.0133. The zero-order valence-corrected chi connectivity index (χ0v) is 18.2. The fourth-order valence-electron chi connectivity index (χ4n) is 5.28. The second kappa shape index (κ2) is 6.46. The van der Waals surface area contributed by atoms with E-state index in [2.05, 4.69) is 104 Å². The predicted octanol–water partition coefficient (Wildman–Crippen LogP) is 8.37. The number of allylic oxidation sites excluding steroid dienone is 3. The maximum absolute atomic E-state index is 3.76. The van der Waals surface area contributed by atoms with Crippen LogP contribution in [0.5, 0.6) is 0 Å². The molecule has 0 amide bonds. The van der Waals surface area contributed by atoms with E-state index in [9.17, 15) is 0 Å². The molecule has 0 saturated heterocycles. The fourth-order valence-corrected chi connectivity index (χ4v) is 5.28. The first-order valence-corrected chi connectivity index (χ1v) is 11.0. The van der Waals surface area contributed by atoms with Gasteiger partial charge in [0.05, 0.1) is 5.52 Å². The minimum atomic E-state index is -0.0133. The molecule has 31 heavy (non-hydrogen) atoms. The van der Waals surface area contributed by atoms with E-state index in [1.54, 1.807) is 0 Å². The summed E-state index contributed by atoms with van der Waals surface area (Å²) >= 11 is 0. The fraction of sp³-hybridized carbons (Fsp3) is 0.133. The molecule has 6 rings (SSSR count). The van der Waals surface area contributed by atoms with Gasteiger partial charge in [0.1, 0.15) is 0 Å². The molecular formula is C30H25N. The van der Waals surface area contributed by atoms with Crippen LogP contribution in [-0.2, 0) is 5.41 Å². The van der Waals surface area contributed by atoms with Crippen LogP contribution < -0.4 is 0 Å². The topological polar surface area (TPSA) is 15.8 Å². The zero-order valence-electron chi connectivity index (χ0n) is 18.2. The van der Waals surface area contributed by atoms with Crippen molar-refractivity contribution >= 4 is 38.7 Å². The largest absolute Gasteiger partial charge is 0.354 e. The first-order chi connectivity index (χ1) is 15.1. The number of rotatable bonds is 2.